The van der Waals surface area contributed by atoms with Crippen LogP contribution in [-0.2, 0) is 28.6 Å². The van der Waals surface area contributed by atoms with Gasteiger partial charge in [-0.2, -0.15) is 0 Å². The van der Waals surface area contributed by atoms with Crippen LogP contribution in [0.1, 0.15) is 227 Å². The van der Waals surface area contributed by atoms with Crippen molar-refractivity contribution in [2.24, 2.45) is 46.3 Å². The number of hydrogen-bond donors (Lipinski definition) is 4. The molecular weight excluding hydrogens is 855 g/mol. The second kappa shape index (κ2) is 33.1. The Morgan fingerprint density at radius 3 is 1.90 bits per heavy atom. The van der Waals surface area contributed by atoms with Crippen LogP contribution in [0.3, 0.4) is 0 Å². The maximum Gasteiger partial charge on any atom is 0.407 e. The minimum absolute atomic E-state index is 0.00810. The van der Waals surface area contributed by atoms with Crippen molar-refractivity contribution in [1.82, 2.24) is 16.0 Å². The van der Waals surface area contributed by atoms with Crippen molar-refractivity contribution >= 4 is 23.9 Å². The fourth-order valence-electron chi connectivity index (χ4n) is 13.5. The van der Waals surface area contributed by atoms with Gasteiger partial charge in [-0.15, -0.1) is 0 Å². The summed E-state index contributed by atoms with van der Waals surface area (Å²) < 4.78 is 16.7. The molecule has 0 spiro atoms. The number of aliphatic carboxylic acids is 1. The lowest BCUT2D eigenvalue weighted by Crippen LogP contribution is -2.54. The van der Waals surface area contributed by atoms with Gasteiger partial charge in [0, 0.05) is 39.1 Å². The van der Waals surface area contributed by atoms with E-state index in [1.165, 1.54) is 128 Å². The molecule has 4 N–H and O–H groups in total. The summed E-state index contributed by atoms with van der Waals surface area (Å²) in [6, 6.07) is 0. The Bertz CT molecular complexity index is 1460. The van der Waals surface area contributed by atoms with Crippen molar-refractivity contribution in [3.05, 3.63) is 12.2 Å². The van der Waals surface area contributed by atoms with Gasteiger partial charge in [-0.25, -0.2) is 4.79 Å². The molecule has 4 saturated carbocycles. The van der Waals surface area contributed by atoms with Crippen molar-refractivity contribution in [1.29, 1.82) is 0 Å². The molecule has 0 radical (unpaired) electrons. The first-order valence-corrected chi connectivity index (χ1v) is 28.5. The van der Waals surface area contributed by atoms with Crippen molar-refractivity contribution in [2.45, 2.75) is 233 Å². The number of carboxylic acid groups (broad SMARTS) is 1. The summed E-state index contributed by atoms with van der Waals surface area (Å²) in [6.45, 7) is 13.3. The zero-order chi connectivity index (χ0) is 48.9. The van der Waals surface area contributed by atoms with E-state index in [2.05, 4.69) is 55.8 Å². The predicted octanol–water partition coefficient (Wildman–Crippen LogP) is 12.9. The number of rotatable bonds is 37. The Hall–Kier alpha value is -2.66. The van der Waals surface area contributed by atoms with Crippen LogP contribution in [-0.4, -0.2) is 81.1 Å². The number of fused-ring (bicyclic) bond motifs is 5. The molecule has 0 aliphatic heterocycles. The van der Waals surface area contributed by atoms with E-state index in [4.69, 9.17) is 19.3 Å². The lowest BCUT2D eigenvalue weighted by Gasteiger charge is -2.61. The van der Waals surface area contributed by atoms with E-state index in [0.717, 1.165) is 69.2 Å². The highest BCUT2D eigenvalue weighted by Crippen LogP contribution is 2.68. The molecule has 4 aliphatic carbocycles. The van der Waals surface area contributed by atoms with Crippen molar-refractivity contribution in [2.75, 3.05) is 46.1 Å². The summed E-state index contributed by atoms with van der Waals surface area (Å²) in [5, 5.41) is 17.8. The first-order chi connectivity index (χ1) is 33.0. The minimum atomic E-state index is -0.875. The molecule has 11 heteroatoms. The molecule has 4 rings (SSSR count). The molecule has 3 amide bonds. The Morgan fingerprint density at radius 1 is 0.603 bits per heavy atom. The number of unbranched alkanes of at least 4 members (excludes halogenated alkanes) is 14. The second-order valence-electron chi connectivity index (χ2n) is 22.3. The molecule has 0 aromatic heterocycles. The highest BCUT2D eigenvalue weighted by molar-refractivity contribution is 5.76. The van der Waals surface area contributed by atoms with E-state index in [1.54, 1.807) is 0 Å². The number of carbonyl (C=O) groups is 4. The number of nitrogens with one attached hydrogen (secondary N) is 3. The fourth-order valence-corrected chi connectivity index (χ4v) is 13.5. The molecular formula is C57H101N3O8. The minimum Gasteiger partial charge on any atom is -0.481 e. The number of carbonyl (C=O) groups excluding carboxylic acids is 3. The van der Waals surface area contributed by atoms with E-state index in [9.17, 15) is 19.2 Å². The number of allylic oxidation sites excluding steroid dienone is 2. The number of ether oxygens (including phenoxy) is 3. The molecule has 0 aromatic rings. The molecule has 0 heterocycles. The molecule has 0 saturated heterocycles. The molecule has 392 valence electrons. The topological polar surface area (TPSA) is 152 Å². The number of hydrogen-bond acceptors (Lipinski definition) is 7. The summed E-state index contributed by atoms with van der Waals surface area (Å²) in [5.74, 6) is 3.55. The molecule has 0 aromatic carbocycles. The van der Waals surface area contributed by atoms with E-state index < -0.39 is 5.97 Å². The molecule has 0 bridgehead atoms. The molecule has 4 fully saturated rings. The van der Waals surface area contributed by atoms with E-state index in [-0.39, 0.29) is 37.0 Å². The Balaban J connectivity index is 1.01. The fraction of sp³-hybridized carbons (Fsp3) is 0.895. The average molecular weight is 956 g/mol. The highest BCUT2D eigenvalue weighted by atomic mass is 16.6. The van der Waals surface area contributed by atoms with Gasteiger partial charge in [0.25, 0.3) is 0 Å². The summed E-state index contributed by atoms with van der Waals surface area (Å²) in [6.07, 6.45) is 39.0. The second-order valence-corrected chi connectivity index (χ2v) is 22.3. The van der Waals surface area contributed by atoms with E-state index in [1.807, 2.05) is 0 Å². The van der Waals surface area contributed by atoms with E-state index in [0.29, 0.717) is 80.8 Å². The maximum atomic E-state index is 12.9. The molecule has 4 aliphatic rings. The normalized spacial score (nSPS) is 26.9. The van der Waals surface area contributed by atoms with Gasteiger partial charge in [0.05, 0.1) is 26.2 Å². The third-order valence-electron chi connectivity index (χ3n) is 17.5. The Labute approximate surface area is 414 Å². The highest BCUT2D eigenvalue weighted by Gasteiger charge is 2.60. The van der Waals surface area contributed by atoms with Gasteiger partial charge in [0.1, 0.15) is 6.10 Å². The first kappa shape index (κ1) is 57.9. The van der Waals surface area contributed by atoms with Crippen LogP contribution in [0, 0.1) is 46.3 Å². The van der Waals surface area contributed by atoms with Crippen molar-refractivity contribution in [3.63, 3.8) is 0 Å². The van der Waals surface area contributed by atoms with Gasteiger partial charge in [0.15, 0.2) is 0 Å². The Morgan fingerprint density at radius 2 is 1.19 bits per heavy atom. The van der Waals surface area contributed by atoms with Crippen LogP contribution < -0.4 is 16.0 Å². The zero-order valence-electron chi connectivity index (χ0n) is 43.9. The van der Waals surface area contributed by atoms with Gasteiger partial charge in [-0.3, -0.25) is 14.4 Å². The number of alkyl carbamates (subject to hydrolysis) is 1. The molecule has 9 atom stereocenters. The van der Waals surface area contributed by atoms with Gasteiger partial charge in [-0.1, -0.05) is 104 Å². The van der Waals surface area contributed by atoms with Crippen LogP contribution in [0.4, 0.5) is 4.79 Å². The van der Waals surface area contributed by atoms with Crippen LogP contribution >= 0.6 is 0 Å². The lowest BCUT2D eigenvalue weighted by atomic mass is 9.44. The third kappa shape index (κ3) is 20.6. The predicted molar refractivity (Wildman–Crippen MR) is 274 cm³/mol. The molecule has 11 nitrogen and oxygen atoms in total. The van der Waals surface area contributed by atoms with Crippen LogP contribution in [0.5, 0.6) is 0 Å². The third-order valence-corrected chi connectivity index (χ3v) is 17.5. The standard InChI is InChI=1S/C57H101N3O8/c1-5-6-7-8-9-10-11-12-13-14-15-16-17-18-19-22-38-60-55(65)68-47-32-35-56(3)46(44-47)27-28-48-50-30-29-49(57(50,4)36-33-51(48)56)45(2)26-31-53(62)58-37-23-20-21-25-52(61)59-39-24-40-66-42-43-67-41-34-54(63)64/h12-13,45-51H,5-11,14-44H2,1-4H3,(H,58,62)(H,59,61)(H,60,65)(H,63,64)/b13-12-/t45-,46?,47-,48?,49-,50?,51?,56+,57-/m1/s1. The van der Waals surface area contributed by atoms with Crippen LogP contribution in [0.25, 0.3) is 0 Å². The Kier molecular flexibility index (Phi) is 28.2. The monoisotopic (exact) mass is 956 g/mol. The van der Waals surface area contributed by atoms with Crippen molar-refractivity contribution < 1.29 is 38.5 Å². The lowest BCUT2D eigenvalue weighted by molar-refractivity contribution is -0.138. The summed E-state index contributed by atoms with van der Waals surface area (Å²) in [5.41, 5.74) is 0.712. The largest absolute Gasteiger partial charge is 0.481 e. The summed E-state index contributed by atoms with van der Waals surface area (Å²) >= 11 is 0. The SMILES string of the molecule is CCCCCCCC/C=C\CCCCCCCCNC(=O)O[C@@H]1CC[C@@]2(C)C(CCC3C2CC[C@@]2(C)C3CC[C@@H]2[C@H](C)CCC(=O)NCCCCCC(=O)NCCCOCCOCCC(=O)O)C1. The number of carboxylic acids is 1. The molecule has 68 heavy (non-hydrogen) atoms. The van der Waals surface area contributed by atoms with Crippen LogP contribution in [0.15, 0.2) is 12.2 Å². The van der Waals surface area contributed by atoms with Crippen LogP contribution in [0.2, 0.25) is 0 Å². The summed E-state index contributed by atoms with van der Waals surface area (Å²) in [4.78, 5) is 48.4. The average Bonchev–Trinajstić information content (AvgIpc) is 3.68. The number of amides is 3. The van der Waals surface area contributed by atoms with E-state index >= 15 is 0 Å². The van der Waals surface area contributed by atoms with Gasteiger partial charge >= 0.3 is 12.1 Å². The smallest absolute Gasteiger partial charge is 0.407 e. The summed E-state index contributed by atoms with van der Waals surface area (Å²) in [7, 11) is 0. The van der Waals surface area contributed by atoms with Crippen molar-refractivity contribution in [3.8, 4) is 0 Å². The molecule has 4 unspecified atom stereocenters. The quantitative estimate of drug-likeness (QED) is 0.0355. The van der Waals surface area contributed by atoms with Gasteiger partial charge < -0.3 is 35.3 Å². The zero-order valence-corrected chi connectivity index (χ0v) is 43.9. The van der Waals surface area contributed by atoms with Gasteiger partial charge in [-0.05, 0) is 162 Å². The first-order valence-electron chi connectivity index (χ1n) is 28.5. The maximum absolute atomic E-state index is 12.9. The van der Waals surface area contributed by atoms with Gasteiger partial charge in [0.2, 0.25) is 11.8 Å².